The summed E-state index contributed by atoms with van der Waals surface area (Å²) >= 11 is 1.78. The standard InChI is InChI=1S/C19H28N6S/c1-14-8-9-15(16(11-14)26-3)12-21-19(20-2)22-13-18-24-23-17-7-5-4-6-10-25(17)18/h8-9,11H,4-7,10,12-13H2,1-3H3,(H2,20,21,22). The lowest BCUT2D eigenvalue weighted by atomic mass is 10.1. The summed E-state index contributed by atoms with van der Waals surface area (Å²) in [5.74, 6) is 2.89. The van der Waals surface area contributed by atoms with E-state index in [0.717, 1.165) is 37.1 Å². The summed E-state index contributed by atoms with van der Waals surface area (Å²) in [6, 6.07) is 6.56. The van der Waals surface area contributed by atoms with E-state index in [1.54, 1.807) is 18.8 Å². The van der Waals surface area contributed by atoms with Crippen LogP contribution in [0.15, 0.2) is 28.1 Å². The molecule has 6 nitrogen and oxygen atoms in total. The van der Waals surface area contributed by atoms with Gasteiger partial charge in [0.25, 0.3) is 0 Å². The molecule has 0 unspecified atom stereocenters. The highest BCUT2D eigenvalue weighted by Gasteiger charge is 2.14. The number of nitrogens with zero attached hydrogens (tertiary/aromatic N) is 4. The molecule has 0 spiro atoms. The van der Waals surface area contributed by atoms with Crippen LogP contribution < -0.4 is 10.6 Å². The quantitative estimate of drug-likeness (QED) is 0.480. The maximum atomic E-state index is 4.37. The number of benzene rings is 1. The normalized spacial score (nSPS) is 14.7. The van der Waals surface area contributed by atoms with E-state index in [9.17, 15) is 0 Å². The Bertz CT molecular complexity index is 767. The van der Waals surface area contributed by atoms with Gasteiger partial charge in [-0.1, -0.05) is 18.6 Å². The summed E-state index contributed by atoms with van der Waals surface area (Å²) in [4.78, 5) is 5.64. The molecule has 0 bridgehead atoms. The molecule has 0 saturated carbocycles. The number of guanidine groups is 1. The van der Waals surface area contributed by atoms with Gasteiger partial charge in [-0.05, 0) is 43.2 Å². The zero-order valence-corrected chi connectivity index (χ0v) is 16.7. The number of rotatable bonds is 5. The molecule has 2 N–H and O–H groups in total. The predicted octanol–water partition coefficient (Wildman–Crippen LogP) is 2.90. The molecule has 1 aliphatic heterocycles. The topological polar surface area (TPSA) is 67.1 Å². The predicted molar refractivity (Wildman–Crippen MR) is 108 cm³/mol. The average molecular weight is 373 g/mol. The first-order chi connectivity index (χ1) is 12.7. The van der Waals surface area contributed by atoms with Crippen LogP contribution in [0.5, 0.6) is 0 Å². The molecular weight excluding hydrogens is 344 g/mol. The Morgan fingerprint density at radius 3 is 2.85 bits per heavy atom. The highest BCUT2D eigenvalue weighted by Crippen LogP contribution is 2.21. The van der Waals surface area contributed by atoms with E-state index in [1.165, 1.54) is 35.3 Å². The molecule has 140 valence electrons. The third-order valence-electron chi connectivity index (χ3n) is 4.71. The SMILES string of the molecule is CN=C(NCc1ccc(C)cc1SC)NCc1nnc2n1CCCCC2. The first-order valence-corrected chi connectivity index (χ1v) is 10.4. The second-order valence-corrected chi connectivity index (χ2v) is 7.44. The van der Waals surface area contributed by atoms with Crippen LogP contribution in [0.2, 0.25) is 0 Å². The van der Waals surface area contributed by atoms with Crippen LogP contribution in [-0.4, -0.2) is 34.0 Å². The smallest absolute Gasteiger partial charge is 0.191 e. The number of hydrogen-bond acceptors (Lipinski definition) is 4. The highest BCUT2D eigenvalue weighted by atomic mass is 32.2. The molecule has 2 heterocycles. The molecule has 0 amide bonds. The monoisotopic (exact) mass is 372 g/mol. The molecule has 0 atom stereocenters. The van der Waals surface area contributed by atoms with Gasteiger partial charge in [0.1, 0.15) is 5.82 Å². The Kier molecular flexibility index (Phi) is 6.55. The second-order valence-electron chi connectivity index (χ2n) is 6.59. The highest BCUT2D eigenvalue weighted by molar-refractivity contribution is 7.98. The number of hydrogen-bond donors (Lipinski definition) is 2. The van der Waals surface area contributed by atoms with E-state index in [2.05, 4.69) is 61.8 Å². The van der Waals surface area contributed by atoms with Gasteiger partial charge in [-0.15, -0.1) is 22.0 Å². The van der Waals surface area contributed by atoms with Crippen molar-refractivity contribution in [3.63, 3.8) is 0 Å². The molecule has 7 heteroatoms. The van der Waals surface area contributed by atoms with Crippen LogP contribution in [0, 0.1) is 6.92 Å². The summed E-state index contributed by atoms with van der Waals surface area (Å²) < 4.78 is 2.26. The lowest BCUT2D eigenvalue weighted by Gasteiger charge is -2.14. The van der Waals surface area contributed by atoms with Crippen molar-refractivity contribution >= 4 is 17.7 Å². The number of aliphatic imine (C=N–C) groups is 1. The minimum atomic E-state index is 0.635. The Morgan fingerprint density at radius 1 is 1.19 bits per heavy atom. The fourth-order valence-electron chi connectivity index (χ4n) is 3.24. The van der Waals surface area contributed by atoms with Gasteiger partial charge in [-0.3, -0.25) is 4.99 Å². The minimum Gasteiger partial charge on any atom is -0.352 e. The molecule has 2 aromatic rings. The Morgan fingerprint density at radius 2 is 2.04 bits per heavy atom. The van der Waals surface area contributed by atoms with Gasteiger partial charge in [0.2, 0.25) is 0 Å². The molecule has 0 aliphatic carbocycles. The van der Waals surface area contributed by atoms with Crippen LogP contribution in [0.1, 0.15) is 42.0 Å². The first-order valence-electron chi connectivity index (χ1n) is 9.20. The van der Waals surface area contributed by atoms with E-state index in [-0.39, 0.29) is 0 Å². The van der Waals surface area contributed by atoms with Gasteiger partial charge in [-0.25, -0.2) is 0 Å². The second kappa shape index (κ2) is 9.07. The van der Waals surface area contributed by atoms with Crippen molar-refractivity contribution < 1.29 is 0 Å². The molecule has 26 heavy (non-hydrogen) atoms. The van der Waals surface area contributed by atoms with E-state index in [4.69, 9.17) is 0 Å². The molecule has 1 aromatic heterocycles. The number of aromatic nitrogens is 3. The van der Waals surface area contributed by atoms with Crippen LogP contribution >= 0.6 is 11.8 Å². The van der Waals surface area contributed by atoms with Gasteiger partial charge in [0.15, 0.2) is 11.8 Å². The van der Waals surface area contributed by atoms with Gasteiger partial charge < -0.3 is 15.2 Å². The van der Waals surface area contributed by atoms with Crippen molar-refractivity contribution in [2.24, 2.45) is 4.99 Å². The molecule has 1 aromatic carbocycles. The summed E-state index contributed by atoms with van der Waals surface area (Å²) in [6.45, 7) is 4.52. The van der Waals surface area contributed by atoms with Crippen molar-refractivity contribution in [2.75, 3.05) is 13.3 Å². The van der Waals surface area contributed by atoms with Crippen LogP contribution in [0.25, 0.3) is 0 Å². The molecule has 3 rings (SSSR count). The fraction of sp³-hybridized carbons (Fsp3) is 0.526. The lowest BCUT2D eigenvalue weighted by molar-refractivity contribution is 0.596. The van der Waals surface area contributed by atoms with E-state index >= 15 is 0 Å². The molecule has 0 fully saturated rings. The van der Waals surface area contributed by atoms with Crippen molar-refractivity contribution in [1.82, 2.24) is 25.4 Å². The van der Waals surface area contributed by atoms with Crippen molar-refractivity contribution in [2.45, 2.75) is 57.1 Å². The lowest BCUT2D eigenvalue weighted by Crippen LogP contribution is -2.37. The maximum Gasteiger partial charge on any atom is 0.191 e. The minimum absolute atomic E-state index is 0.635. The number of fused-ring (bicyclic) bond motifs is 1. The van der Waals surface area contributed by atoms with E-state index in [1.807, 2.05) is 0 Å². The Labute approximate surface area is 159 Å². The van der Waals surface area contributed by atoms with Crippen molar-refractivity contribution in [3.05, 3.63) is 41.0 Å². The summed E-state index contributed by atoms with van der Waals surface area (Å²) in [6.07, 6.45) is 6.83. The summed E-state index contributed by atoms with van der Waals surface area (Å²) in [5, 5.41) is 15.5. The van der Waals surface area contributed by atoms with Gasteiger partial charge in [0, 0.05) is 31.5 Å². The van der Waals surface area contributed by atoms with Crippen LogP contribution in [0.3, 0.4) is 0 Å². The zero-order valence-electron chi connectivity index (χ0n) is 15.9. The van der Waals surface area contributed by atoms with Crippen LogP contribution in [0.4, 0.5) is 0 Å². The molecular formula is C19H28N6S. The fourth-order valence-corrected chi connectivity index (χ4v) is 3.94. The Balaban J connectivity index is 1.58. The van der Waals surface area contributed by atoms with E-state index < -0.39 is 0 Å². The van der Waals surface area contributed by atoms with Gasteiger partial charge >= 0.3 is 0 Å². The van der Waals surface area contributed by atoms with Crippen LogP contribution in [-0.2, 0) is 26.1 Å². The van der Waals surface area contributed by atoms with E-state index in [0.29, 0.717) is 6.54 Å². The molecule has 1 aliphatic rings. The summed E-state index contributed by atoms with van der Waals surface area (Å²) in [5.41, 5.74) is 2.57. The third-order valence-corrected chi connectivity index (χ3v) is 5.53. The molecule has 0 radical (unpaired) electrons. The summed E-state index contributed by atoms with van der Waals surface area (Å²) in [7, 11) is 1.80. The Hall–Kier alpha value is -2.02. The van der Waals surface area contributed by atoms with Gasteiger partial charge in [-0.2, -0.15) is 0 Å². The maximum absolute atomic E-state index is 4.37. The van der Waals surface area contributed by atoms with Gasteiger partial charge in [0.05, 0.1) is 6.54 Å². The van der Waals surface area contributed by atoms with Crippen molar-refractivity contribution in [1.29, 1.82) is 0 Å². The largest absolute Gasteiger partial charge is 0.352 e. The number of thioether (sulfide) groups is 1. The first kappa shape index (κ1) is 18.8. The van der Waals surface area contributed by atoms with Crippen molar-refractivity contribution in [3.8, 4) is 0 Å². The number of nitrogens with one attached hydrogen (secondary N) is 2. The number of aryl methyl sites for hydroxylation is 2. The molecule has 0 saturated heterocycles. The zero-order chi connectivity index (χ0) is 18.4. The third kappa shape index (κ3) is 4.58. The average Bonchev–Trinajstić information content (AvgIpc) is 2.88.